The second kappa shape index (κ2) is 7.53. The van der Waals surface area contributed by atoms with Crippen LogP contribution in [-0.2, 0) is 4.74 Å². The molecule has 3 nitrogen and oxygen atoms in total. The van der Waals surface area contributed by atoms with Crippen molar-refractivity contribution < 1.29 is 9.53 Å². The molecule has 0 saturated carbocycles. The maximum atomic E-state index is 11.9. The minimum atomic E-state index is -0.170. The first-order valence-electron chi connectivity index (χ1n) is 6.32. The summed E-state index contributed by atoms with van der Waals surface area (Å²) in [4.78, 5) is 13.7. The Kier molecular flexibility index (Phi) is 7.18. The van der Waals surface area contributed by atoms with Gasteiger partial charge < -0.3 is 9.64 Å². The Morgan fingerprint density at radius 2 is 1.50 bits per heavy atom. The maximum Gasteiger partial charge on any atom is 0.410 e. The normalized spacial score (nSPS) is 13.0. The fraction of sp³-hybridized carbons (Fsp3) is 0.923. The predicted octanol–water partition coefficient (Wildman–Crippen LogP) is 3.54. The number of nitrogens with zero attached hydrogens (tertiary/aromatic N) is 1. The van der Waals surface area contributed by atoms with Gasteiger partial charge in [0.05, 0.1) is 0 Å². The van der Waals surface area contributed by atoms with Crippen molar-refractivity contribution in [1.82, 2.24) is 4.90 Å². The first kappa shape index (κ1) is 15.3. The molecule has 0 aliphatic heterocycles. The smallest absolute Gasteiger partial charge is 0.410 e. The zero-order chi connectivity index (χ0) is 12.7. The quantitative estimate of drug-likeness (QED) is 0.697. The van der Waals surface area contributed by atoms with E-state index in [4.69, 9.17) is 4.74 Å². The molecule has 1 atom stereocenters. The molecule has 16 heavy (non-hydrogen) atoms. The molecule has 0 aromatic heterocycles. The third kappa shape index (κ3) is 6.70. The van der Waals surface area contributed by atoms with Gasteiger partial charge in [0.15, 0.2) is 0 Å². The highest BCUT2D eigenvalue weighted by atomic mass is 16.6. The lowest BCUT2D eigenvalue weighted by atomic mass is 10.1. The Morgan fingerprint density at radius 3 is 1.81 bits per heavy atom. The SMILES string of the molecule is CCC(C)OC(=O)N(CC(C)C)CC(C)C. The Labute approximate surface area is 100 Å². The van der Waals surface area contributed by atoms with Crippen molar-refractivity contribution in [3.8, 4) is 0 Å². The summed E-state index contributed by atoms with van der Waals surface area (Å²) in [5.74, 6) is 0.950. The molecule has 0 aromatic rings. The molecule has 96 valence electrons. The van der Waals surface area contributed by atoms with Gasteiger partial charge in [0.1, 0.15) is 6.10 Å². The van der Waals surface area contributed by atoms with Gasteiger partial charge >= 0.3 is 6.09 Å². The van der Waals surface area contributed by atoms with Gasteiger partial charge in [0, 0.05) is 13.1 Å². The van der Waals surface area contributed by atoms with Gasteiger partial charge in [-0.2, -0.15) is 0 Å². The van der Waals surface area contributed by atoms with Crippen molar-refractivity contribution in [1.29, 1.82) is 0 Å². The van der Waals surface area contributed by atoms with Crippen molar-refractivity contribution >= 4 is 6.09 Å². The van der Waals surface area contributed by atoms with E-state index in [1.165, 1.54) is 0 Å². The second-order valence-electron chi connectivity index (χ2n) is 5.30. The van der Waals surface area contributed by atoms with Crippen LogP contribution in [0.4, 0.5) is 4.79 Å². The Balaban J connectivity index is 4.31. The minimum Gasteiger partial charge on any atom is -0.446 e. The molecule has 0 spiro atoms. The summed E-state index contributed by atoms with van der Waals surface area (Å²) in [5, 5.41) is 0. The third-order valence-corrected chi connectivity index (χ3v) is 2.31. The summed E-state index contributed by atoms with van der Waals surface area (Å²) in [6.07, 6.45) is 0.703. The van der Waals surface area contributed by atoms with E-state index in [-0.39, 0.29) is 12.2 Å². The van der Waals surface area contributed by atoms with Gasteiger partial charge in [-0.1, -0.05) is 34.6 Å². The fourth-order valence-electron chi connectivity index (χ4n) is 1.44. The molecule has 0 N–H and O–H groups in total. The average Bonchev–Trinajstić information content (AvgIpc) is 2.15. The van der Waals surface area contributed by atoms with Gasteiger partial charge in [-0.05, 0) is 25.2 Å². The number of rotatable bonds is 6. The lowest BCUT2D eigenvalue weighted by Gasteiger charge is -2.27. The molecule has 3 heteroatoms. The molecular weight excluding hydrogens is 202 g/mol. The molecule has 0 aliphatic rings. The van der Waals surface area contributed by atoms with E-state index < -0.39 is 0 Å². The zero-order valence-electron chi connectivity index (χ0n) is 11.6. The molecule has 0 rings (SSSR count). The van der Waals surface area contributed by atoms with Gasteiger partial charge in [-0.15, -0.1) is 0 Å². The van der Waals surface area contributed by atoms with E-state index in [0.29, 0.717) is 11.8 Å². The largest absolute Gasteiger partial charge is 0.446 e. The highest BCUT2D eigenvalue weighted by molar-refractivity contribution is 5.67. The van der Waals surface area contributed by atoms with Crippen LogP contribution >= 0.6 is 0 Å². The van der Waals surface area contributed by atoms with E-state index in [2.05, 4.69) is 27.7 Å². The zero-order valence-corrected chi connectivity index (χ0v) is 11.6. The van der Waals surface area contributed by atoms with Crippen LogP contribution in [0.5, 0.6) is 0 Å². The van der Waals surface area contributed by atoms with Crippen molar-refractivity contribution in [2.75, 3.05) is 13.1 Å². The first-order chi connectivity index (χ1) is 7.36. The first-order valence-corrected chi connectivity index (χ1v) is 6.32. The summed E-state index contributed by atoms with van der Waals surface area (Å²) in [6.45, 7) is 14.0. The van der Waals surface area contributed by atoms with Gasteiger partial charge in [0.25, 0.3) is 0 Å². The van der Waals surface area contributed by atoms with Gasteiger partial charge in [0.2, 0.25) is 0 Å². The summed E-state index contributed by atoms with van der Waals surface area (Å²) in [5.41, 5.74) is 0. The van der Waals surface area contributed by atoms with Crippen molar-refractivity contribution in [2.45, 2.75) is 54.1 Å². The lowest BCUT2D eigenvalue weighted by Crippen LogP contribution is -2.38. The molecule has 0 aromatic carbocycles. The molecule has 0 heterocycles. The molecule has 0 bridgehead atoms. The molecule has 0 aliphatic carbocycles. The van der Waals surface area contributed by atoms with Crippen molar-refractivity contribution in [3.63, 3.8) is 0 Å². The average molecular weight is 229 g/mol. The highest BCUT2D eigenvalue weighted by Crippen LogP contribution is 2.08. The number of carbonyl (C=O) groups is 1. The summed E-state index contributed by atoms with van der Waals surface area (Å²) >= 11 is 0. The molecule has 0 saturated heterocycles. The van der Waals surface area contributed by atoms with Crippen LogP contribution < -0.4 is 0 Å². The molecule has 0 radical (unpaired) electrons. The highest BCUT2D eigenvalue weighted by Gasteiger charge is 2.19. The van der Waals surface area contributed by atoms with Crippen LogP contribution in [0.3, 0.4) is 0 Å². The van der Waals surface area contributed by atoms with Crippen LogP contribution in [0, 0.1) is 11.8 Å². The Hall–Kier alpha value is -0.730. The number of carbonyl (C=O) groups excluding carboxylic acids is 1. The minimum absolute atomic E-state index is 0.00863. The van der Waals surface area contributed by atoms with Crippen molar-refractivity contribution in [3.05, 3.63) is 0 Å². The predicted molar refractivity (Wildman–Crippen MR) is 67.5 cm³/mol. The number of hydrogen-bond donors (Lipinski definition) is 0. The Morgan fingerprint density at radius 1 is 1.06 bits per heavy atom. The van der Waals surface area contributed by atoms with Crippen LogP contribution in [0.1, 0.15) is 48.0 Å². The summed E-state index contributed by atoms with van der Waals surface area (Å²) < 4.78 is 5.35. The van der Waals surface area contributed by atoms with E-state index in [9.17, 15) is 4.79 Å². The maximum absolute atomic E-state index is 11.9. The topological polar surface area (TPSA) is 29.5 Å². The van der Waals surface area contributed by atoms with Gasteiger partial charge in [-0.3, -0.25) is 0 Å². The molecule has 1 amide bonds. The number of hydrogen-bond acceptors (Lipinski definition) is 2. The third-order valence-electron chi connectivity index (χ3n) is 2.31. The second-order valence-corrected chi connectivity index (χ2v) is 5.30. The van der Waals surface area contributed by atoms with Crippen LogP contribution in [0.15, 0.2) is 0 Å². The lowest BCUT2D eigenvalue weighted by molar-refractivity contribution is 0.0618. The van der Waals surface area contributed by atoms with E-state index in [1.807, 2.05) is 18.7 Å². The summed E-state index contributed by atoms with van der Waals surface area (Å²) in [7, 11) is 0. The van der Waals surface area contributed by atoms with Crippen molar-refractivity contribution in [2.24, 2.45) is 11.8 Å². The van der Waals surface area contributed by atoms with Gasteiger partial charge in [-0.25, -0.2) is 4.79 Å². The Bertz CT molecular complexity index is 192. The van der Waals surface area contributed by atoms with Crippen LogP contribution in [0.2, 0.25) is 0 Å². The van der Waals surface area contributed by atoms with Crippen LogP contribution in [0.25, 0.3) is 0 Å². The van der Waals surface area contributed by atoms with Crippen LogP contribution in [-0.4, -0.2) is 30.2 Å². The molecule has 1 unspecified atom stereocenters. The molecule has 0 fully saturated rings. The number of amides is 1. The van der Waals surface area contributed by atoms with E-state index >= 15 is 0 Å². The standard InChI is InChI=1S/C13H27NO2/c1-7-12(6)16-13(15)14(8-10(2)3)9-11(4)5/h10-12H,7-9H2,1-6H3. The fourth-order valence-corrected chi connectivity index (χ4v) is 1.44. The molecular formula is C13H27NO2. The monoisotopic (exact) mass is 229 g/mol. The summed E-state index contributed by atoms with van der Waals surface area (Å²) in [6, 6.07) is 0. The number of ether oxygens (including phenoxy) is 1. The van der Waals surface area contributed by atoms with E-state index in [1.54, 1.807) is 0 Å². The van der Waals surface area contributed by atoms with E-state index in [0.717, 1.165) is 19.5 Å².